The van der Waals surface area contributed by atoms with Gasteiger partial charge in [-0.3, -0.25) is 31.3 Å². The minimum atomic E-state index is -0.931. The molecule has 0 saturated carbocycles. The first-order valence-electron chi connectivity index (χ1n) is 8.10. The maximum Gasteiger partial charge on any atom is 0.329 e. The summed E-state index contributed by atoms with van der Waals surface area (Å²) in [5.41, 5.74) is 10.6. The molecule has 28 heavy (non-hydrogen) atoms. The SMILES string of the molecule is COc1cccc(NNC(=O)C(=O)NNc2cccc(OC)c2OC)c1OC. The molecule has 10 heteroatoms. The van der Waals surface area contributed by atoms with Crippen LogP contribution in [0.3, 0.4) is 0 Å². The van der Waals surface area contributed by atoms with Crippen molar-refractivity contribution in [1.82, 2.24) is 10.9 Å². The molecular weight excluding hydrogens is 368 g/mol. The van der Waals surface area contributed by atoms with Gasteiger partial charge in [0.1, 0.15) is 0 Å². The Balaban J connectivity index is 1.97. The van der Waals surface area contributed by atoms with Crippen molar-refractivity contribution in [1.29, 1.82) is 0 Å². The average molecular weight is 390 g/mol. The number of hydrogen-bond donors (Lipinski definition) is 4. The summed E-state index contributed by atoms with van der Waals surface area (Å²) in [4.78, 5) is 24.0. The summed E-state index contributed by atoms with van der Waals surface area (Å²) in [6.45, 7) is 0. The maximum atomic E-state index is 12.0. The van der Waals surface area contributed by atoms with Gasteiger partial charge < -0.3 is 18.9 Å². The molecule has 0 spiro atoms. The molecule has 2 aromatic rings. The summed E-state index contributed by atoms with van der Waals surface area (Å²) in [5.74, 6) is -0.163. The third-order valence-electron chi connectivity index (χ3n) is 3.63. The van der Waals surface area contributed by atoms with Crippen molar-refractivity contribution >= 4 is 23.2 Å². The van der Waals surface area contributed by atoms with Crippen LogP contribution in [0, 0.1) is 0 Å². The lowest BCUT2D eigenvalue weighted by Gasteiger charge is -2.16. The molecule has 0 heterocycles. The Hall–Kier alpha value is -3.82. The number of carbonyl (C=O) groups is 2. The Morgan fingerprint density at radius 2 is 1.04 bits per heavy atom. The van der Waals surface area contributed by atoms with E-state index in [2.05, 4.69) is 21.7 Å². The van der Waals surface area contributed by atoms with Crippen molar-refractivity contribution in [2.75, 3.05) is 39.3 Å². The van der Waals surface area contributed by atoms with Crippen molar-refractivity contribution in [3.05, 3.63) is 36.4 Å². The van der Waals surface area contributed by atoms with Gasteiger partial charge in [-0.15, -0.1) is 0 Å². The lowest BCUT2D eigenvalue weighted by atomic mass is 10.2. The standard InChI is InChI=1S/C18H22N4O6/c1-25-13-9-5-7-11(15(13)27-3)19-21-17(23)18(24)22-20-12-8-6-10-14(26-2)16(12)28-4/h5-10,19-20H,1-4H3,(H,21,23)(H,22,24). The second-order valence-corrected chi connectivity index (χ2v) is 5.24. The summed E-state index contributed by atoms with van der Waals surface area (Å²) >= 11 is 0. The Kier molecular flexibility index (Phi) is 7.14. The van der Waals surface area contributed by atoms with Crippen LogP contribution in [0.5, 0.6) is 23.0 Å². The molecule has 2 aromatic carbocycles. The molecule has 150 valence electrons. The molecule has 0 unspecified atom stereocenters. The van der Waals surface area contributed by atoms with Gasteiger partial charge in [0, 0.05) is 0 Å². The number of hydrogen-bond acceptors (Lipinski definition) is 8. The second-order valence-electron chi connectivity index (χ2n) is 5.24. The minimum absolute atomic E-state index is 0.380. The zero-order valence-corrected chi connectivity index (χ0v) is 15.9. The van der Waals surface area contributed by atoms with E-state index in [4.69, 9.17) is 18.9 Å². The van der Waals surface area contributed by atoms with Crippen LogP contribution < -0.4 is 40.7 Å². The summed E-state index contributed by atoms with van der Waals surface area (Å²) < 4.78 is 20.8. The van der Waals surface area contributed by atoms with Gasteiger partial charge in [0.25, 0.3) is 0 Å². The lowest BCUT2D eigenvalue weighted by molar-refractivity contribution is -0.138. The Morgan fingerprint density at radius 1 is 0.643 bits per heavy atom. The second kappa shape index (κ2) is 9.76. The van der Waals surface area contributed by atoms with E-state index in [1.165, 1.54) is 28.4 Å². The third-order valence-corrected chi connectivity index (χ3v) is 3.63. The van der Waals surface area contributed by atoms with Gasteiger partial charge in [-0.1, -0.05) is 12.1 Å². The molecule has 2 rings (SSSR count). The highest BCUT2D eigenvalue weighted by atomic mass is 16.5. The summed E-state index contributed by atoms with van der Waals surface area (Å²) in [5, 5.41) is 0. The third kappa shape index (κ3) is 4.67. The number of ether oxygens (including phenoxy) is 4. The maximum absolute atomic E-state index is 12.0. The van der Waals surface area contributed by atoms with Crippen LogP contribution in [0.1, 0.15) is 0 Å². The van der Waals surface area contributed by atoms with Crippen LogP contribution in [-0.4, -0.2) is 40.3 Å². The highest BCUT2D eigenvalue weighted by molar-refractivity contribution is 6.35. The first-order valence-corrected chi connectivity index (χ1v) is 8.10. The predicted molar refractivity (Wildman–Crippen MR) is 103 cm³/mol. The number of amides is 2. The van der Waals surface area contributed by atoms with Gasteiger partial charge in [0.2, 0.25) is 0 Å². The van der Waals surface area contributed by atoms with E-state index in [9.17, 15) is 9.59 Å². The van der Waals surface area contributed by atoms with Crippen LogP contribution in [-0.2, 0) is 9.59 Å². The van der Waals surface area contributed by atoms with E-state index >= 15 is 0 Å². The van der Waals surface area contributed by atoms with Crippen LogP contribution >= 0.6 is 0 Å². The Bertz CT molecular complexity index is 773. The highest BCUT2D eigenvalue weighted by Crippen LogP contribution is 2.35. The summed E-state index contributed by atoms with van der Waals surface area (Å²) in [7, 11) is 5.91. The molecule has 10 nitrogen and oxygen atoms in total. The van der Waals surface area contributed by atoms with Crippen molar-refractivity contribution in [3.8, 4) is 23.0 Å². The van der Waals surface area contributed by atoms with E-state index in [-0.39, 0.29) is 0 Å². The molecule has 0 saturated heterocycles. The molecule has 0 aliphatic rings. The largest absolute Gasteiger partial charge is 0.493 e. The molecule has 0 aromatic heterocycles. The molecule has 0 atom stereocenters. The molecule has 4 N–H and O–H groups in total. The van der Waals surface area contributed by atoms with Crippen LogP contribution in [0.15, 0.2) is 36.4 Å². The first kappa shape index (κ1) is 20.5. The topological polar surface area (TPSA) is 119 Å². The summed E-state index contributed by atoms with van der Waals surface area (Å²) in [6.07, 6.45) is 0. The Morgan fingerprint density at radius 3 is 1.36 bits per heavy atom. The van der Waals surface area contributed by atoms with E-state index in [1.54, 1.807) is 36.4 Å². The number of benzene rings is 2. The number of carbonyl (C=O) groups excluding carboxylic acids is 2. The molecule has 0 radical (unpaired) electrons. The fraction of sp³-hybridized carbons (Fsp3) is 0.222. The van der Waals surface area contributed by atoms with Gasteiger partial charge >= 0.3 is 11.8 Å². The molecule has 2 amide bonds. The Labute approximate surface area is 162 Å². The van der Waals surface area contributed by atoms with E-state index < -0.39 is 11.8 Å². The quantitative estimate of drug-likeness (QED) is 0.393. The predicted octanol–water partition coefficient (Wildman–Crippen LogP) is 1.31. The molecule has 0 aliphatic carbocycles. The summed E-state index contributed by atoms with van der Waals surface area (Å²) in [6, 6.07) is 10.1. The molecular formula is C18H22N4O6. The number of nitrogens with one attached hydrogen (secondary N) is 4. The fourth-order valence-electron chi connectivity index (χ4n) is 2.33. The lowest BCUT2D eigenvalue weighted by Crippen LogP contribution is -2.44. The zero-order valence-electron chi connectivity index (χ0n) is 15.9. The zero-order chi connectivity index (χ0) is 20.5. The number of methoxy groups -OCH3 is 4. The number of rotatable bonds is 8. The number of anilines is 2. The van der Waals surface area contributed by atoms with Crippen LogP contribution in [0.4, 0.5) is 11.4 Å². The van der Waals surface area contributed by atoms with E-state index in [1.807, 2.05) is 0 Å². The average Bonchev–Trinajstić information content (AvgIpc) is 2.74. The van der Waals surface area contributed by atoms with Gasteiger partial charge in [-0.05, 0) is 24.3 Å². The van der Waals surface area contributed by atoms with Crippen molar-refractivity contribution in [3.63, 3.8) is 0 Å². The van der Waals surface area contributed by atoms with Crippen molar-refractivity contribution in [2.24, 2.45) is 0 Å². The van der Waals surface area contributed by atoms with Crippen LogP contribution in [0.25, 0.3) is 0 Å². The van der Waals surface area contributed by atoms with Crippen molar-refractivity contribution < 1.29 is 28.5 Å². The number of hydrazine groups is 2. The normalized spacial score (nSPS) is 9.71. The highest BCUT2D eigenvalue weighted by Gasteiger charge is 2.16. The minimum Gasteiger partial charge on any atom is -0.493 e. The van der Waals surface area contributed by atoms with Crippen LogP contribution in [0.2, 0.25) is 0 Å². The van der Waals surface area contributed by atoms with E-state index in [0.29, 0.717) is 34.4 Å². The fourth-order valence-corrected chi connectivity index (χ4v) is 2.33. The van der Waals surface area contributed by atoms with Gasteiger partial charge in [-0.2, -0.15) is 0 Å². The van der Waals surface area contributed by atoms with Gasteiger partial charge in [0.15, 0.2) is 23.0 Å². The van der Waals surface area contributed by atoms with Gasteiger partial charge in [0.05, 0.1) is 39.8 Å². The first-order chi connectivity index (χ1) is 13.5. The van der Waals surface area contributed by atoms with Gasteiger partial charge in [-0.25, -0.2) is 0 Å². The molecule has 0 fully saturated rings. The number of para-hydroxylation sites is 2. The molecule has 0 bridgehead atoms. The molecule has 0 aliphatic heterocycles. The monoisotopic (exact) mass is 390 g/mol. The smallest absolute Gasteiger partial charge is 0.329 e. The van der Waals surface area contributed by atoms with Crippen molar-refractivity contribution in [2.45, 2.75) is 0 Å². The van der Waals surface area contributed by atoms with E-state index in [0.717, 1.165) is 0 Å².